The van der Waals surface area contributed by atoms with E-state index in [0.717, 1.165) is 24.3 Å². The number of halogens is 3. The summed E-state index contributed by atoms with van der Waals surface area (Å²) in [6.45, 7) is 0. The molecule has 4 rings (SSSR count). The van der Waals surface area contributed by atoms with Crippen LogP contribution in [0.4, 0.5) is 13.2 Å². The van der Waals surface area contributed by atoms with E-state index in [4.69, 9.17) is 5.26 Å². The third-order valence-corrected chi connectivity index (χ3v) is 5.74. The van der Waals surface area contributed by atoms with Gasteiger partial charge in [0.15, 0.2) is 21.4 Å². The van der Waals surface area contributed by atoms with E-state index in [1.54, 1.807) is 24.3 Å². The summed E-state index contributed by atoms with van der Waals surface area (Å²) in [7, 11) is 0. The predicted octanol–water partition coefficient (Wildman–Crippen LogP) is 5.36. The van der Waals surface area contributed by atoms with Crippen molar-refractivity contribution in [3.63, 3.8) is 0 Å². The van der Waals surface area contributed by atoms with Gasteiger partial charge in [0.2, 0.25) is 0 Å². The Kier molecular flexibility index (Phi) is 4.97. The van der Waals surface area contributed by atoms with Crippen LogP contribution in [0.5, 0.6) is 0 Å². The zero-order valence-corrected chi connectivity index (χ0v) is 15.5. The van der Waals surface area contributed by atoms with E-state index in [-0.39, 0.29) is 15.4 Å². The maximum absolute atomic E-state index is 13.9. The van der Waals surface area contributed by atoms with Crippen LogP contribution in [-0.4, -0.2) is 9.54 Å². The normalized spacial score (nSPS) is 12.0. The second kappa shape index (κ2) is 7.59. The van der Waals surface area contributed by atoms with Crippen LogP contribution in [0.25, 0.3) is 22.0 Å². The van der Waals surface area contributed by atoms with Crippen LogP contribution in [0.15, 0.2) is 76.7 Å². The molecule has 0 spiro atoms. The first-order valence-corrected chi connectivity index (χ1v) is 9.58. The fourth-order valence-corrected chi connectivity index (χ4v) is 4.34. The number of hydrogen-bond donors (Lipinski definition) is 0. The van der Waals surface area contributed by atoms with Gasteiger partial charge in [0.1, 0.15) is 5.82 Å². The zero-order valence-electron chi connectivity index (χ0n) is 14.7. The molecular formula is C22H11F3N2OS. The van der Waals surface area contributed by atoms with E-state index in [0.29, 0.717) is 22.0 Å². The van der Waals surface area contributed by atoms with Crippen LogP contribution < -0.4 is 0 Å². The van der Waals surface area contributed by atoms with Gasteiger partial charge in [0.25, 0.3) is 0 Å². The van der Waals surface area contributed by atoms with Crippen molar-refractivity contribution < 1.29 is 17.7 Å². The molecule has 1 aromatic heterocycles. The highest BCUT2D eigenvalue weighted by Crippen LogP contribution is 2.37. The lowest BCUT2D eigenvalue weighted by molar-refractivity contribution is 0.509. The lowest BCUT2D eigenvalue weighted by atomic mass is 10.0. The van der Waals surface area contributed by atoms with Crippen molar-refractivity contribution in [1.29, 1.82) is 5.26 Å². The Morgan fingerprint density at radius 1 is 0.931 bits per heavy atom. The van der Waals surface area contributed by atoms with Gasteiger partial charge in [-0.2, -0.15) is 5.26 Å². The Hall–Kier alpha value is -3.34. The summed E-state index contributed by atoms with van der Waals surface area (Å²) in [5.74, 6) is -2.74. The molecule has 0 N–H and O–H groups in total. The average molecular weight is 408 g/mol. The molecule has 0 fully saturated rings. The van der Waals surface area contributed by atoms with Gasteiger partial charge in [-0.25, -0.2) is 13.2 Å². The summed E-state index contributed by atoms with van der Waals surface area (Å²) in [5, 5.41) is 9.65. The van der Waals surface area contributed by atoms with E-state index >= 15 is 0 Å². The fraction of sp³-hybridized carbons (Fsp3) is 0. The van der Waals surface area contributed by atoms with E-state index in [1.807, 2.05) is 6.07 Å². The molecule has 29 heavy (non-hydrogen) atoms. The maximum Gasteiger partial charge on any atom is 0.185 e. The van der Waals surface area contributed by atoms with Crippen molar-refractivity contribution in [2.24, 2.45) is 0 Å². The Morgan fingerprint density at radius 3 is 2.48 bits per heavy atom. The molecule has 0 saturated heterocycles. The van der Waals surface area contributed by atoms with E-state index in [2.05, 4.69) is 4.98 Å². The first-order chi connectivity index (χ1) is 14.0. The molecule has 1 atom stereocenters. The van der Waals surface area contributed by atoms with Crippen LogP contribution >= 0.6 is 0 Å². The minimum atomic E-state index is -1.92. The lowest BCUT2D eigenvalue weighted by Gasteiger charge is -2.16. The van der Waals surface area contributed by atoms with Gasteiger partial charge in [0, 0.05) is 34.3 Å². The molecule has 3 aromatic carbocycles. The second-order valence-electron chi connectivity index (χ2n) is 6.20. The minimum Gasteiger partial charge on any atom is -0.606 e. The third-order valence-electron chi connectivity index (χ3n) is 4.36. The van der Waals surface area contributed by atoms with Crippen molar-refractivity contribution in [2.75, 3.05) is 0 Å². The molecule has 142 valence electrons. The van der Waals surface area contributed by atoms with Crippen molar-refractivity contribution in [3.05, 3.63) is 89.9 Å². The van der Waals surface area contributed by atoms with Gasteiger partial charge in [-0.15, -0.1) is 0 Å². The smallest absolute Gasteiger partial charge is 0.185 e. The quantitative estimate of drug-likeness (QED) is 0.429. The van der Waals surface area contributed by atoms with Crippen molar-refractivity contribution in [1.82, 2.24) is 4.98 Å². The van der Waals surface area contributed by atoms with E-state index in [1.165, 1.54) is 18.3 Å². The number of benzene rings is 3. The van der Waals surface area contributed by atoms with Gasteiger partial charge < -0.3 is 4.55 Å². The average Bonchev–Trinajstić information content (AvgIpc) is 2.74. The van der Waals surface area contributed by atoms with Crippen LogP contribution in [0.3, 0.4) is 0 Å². The molecule has 1 heterocycles. The van der Waals surface area contributed by atoms with Gasteiger partial charge in [0.05, 0.1) is 23.3 Å². The molecule has 0 aliphatic carbocycles. The van der Waals surface area contributed by atoms with E-state index in [9.17, 15) is 17.7 Å². The molecule has 3 nitrogen and oxygen atoms in total. The van der Waals surface area contributed by atoms with Crippen molar-refractivity contribution >= 4 is 22.1 Å². The number of nitriles is 1. The zero-order chi connectivity index (χ0) is 20.5. The molecule has 0 aliphatic heterocycles. The Morgan fingerprint density at radius 2 is 1.72 bits per heavy atom. The van der Waals surface area contributed by atoms with Crippen LogP contribution in [0.1, 0.15) is 5.56 Å². The van der Waals surface area contributed by atoms with Crippen LogP contribution in [-0.2, 0) is 11.2 Å². The summed E-state index contributed by atoms with van der Waals surface area (Å²) in [4.78, 5) is 4.57. The number of hydrogen-bond acceptors (Lipinski definition) is 3. The molecule has 7 heteroatoms. The maximum atomic E-state index is 13.9. The number of rotatable bonds is 3. The summed E-state index contributed by atoms with van der Waals surface area (Å²) >= 11 is -1.92. The fourth-order valence-electron chi connectivity index (χ4n) is 3.07. The SMILES string of the molecule is N#Cc1cc(F)cc([S+]([O-])c2cnc3ccccc3c2-c2ccc(F)c(F)c2)c1. The summed E-state index contributed by atoms with van der Waals surface area (Å²) in [6.07, 6.45) is 1.37. The molecule has 1 unspecified atom stereocenters. The molecule has 0 saturated carbocycles. The van der Waals surface area contributed by atoms with Gasteiger partial charge >= 0.3 is 0 Å². The van der Waals surface area contributed by atoms with Gasteiger partial charge in [-0.3, -0.25) is 4.98 Å². The number of fused-ring (bicyclic) bond motifs is 1. The monoisotopic (exact) mass is 408 g/mol. The largest absolute Gasteiger partial charge is 0.606 e. The molecule has 0 aliphatic rings. The number of nitrogens with zero attached hydrogens (tertiary/aromatic N) is 2. The van der Waals surface area contributed by atoms with Gasteiger partial charge in [-0.05, 0) is 29.8 Å². The number of para-hydroxylation sites is 1. The molecular weight excluding hydrogens is 397 g/mol. The minimum absolute atomic E-state index is 0.0245. The summed E-state index contributed by atoms with van der Waals surface area (Å²) in [6, 6.07) is 15.6. The van der Waals surface area contributed by atoms with Crippen LogP contribution in [0.2, 0.25) is 0 Å². The second-order valence-corrected chi connectivity index (χ2v) is 7.65. The molecule has 0 radical (unpaired) electrons. The van der Waals surface area contributed by atoms with Crippen molar-refractivity contribution in [3.8, 4) is 17.2 Å². The topological polar surface area (TPSA) is 59.7 Å². The summed E-state index contributed by atoms with van der Waals surface area (Å²) < 4.78 is 54.5. The molecule has 4 aromatic rings. The highest BCUT2D eigenvalue weighted by molar-refractivity contribution is 7.91. The number of pyridine rings is 1. The molecule has 0 amide bonds. The van der Waals surface area contributed by atoms with Gasteiger partial charge in [-0.1, -0.05) is 24.3 Å². The highest BCUT2D eigenvalue weighted by atomic mass is 32.2. The Labute approximate surface area is 167 Å². The predicted molar refractivity (Wildman–Crippen MR) is 103 cm³/mol. The first kappa shape index (κ1) is 19.0. The Balaban J connectivity index is 1.99. The lowest BCUT2D eigenvalue weighted by Crippen LogP contribution is -2.07. The first-order valence-electron chi connectivity index (χ1n) is 8.43. The number of aromatic nitrogens is 1. The van der Waals surface area contributed by atoms with Crippen molar-refractivity contribution in [2.45, 2.75) is 9.79 Å². The highest BCUT2D eigenvalue weighted by Gasteiger charge is 2.25. The molecule has 0 bridgehead atoms. The van der Waals surface area contributed by atoms with E-state index < -0.39 is 28.6 Å². The standard InChI is InChI=1S/C22H11F3N2OS/c23-15-7-13(11-26)8-16(10-15)29(28)21-12-27-20-4-2-1-3-17(20)22(21)14-5-6-18(24)19(25)9-14/h1-10,12H. The van der Waals surface area contributed by atoms with Crippen LogP contribution in [0, 0.1) is 28.8 Å². The summed E-state index contributed by atoms with van der Waals surface area (Å²) in [5.41, 5.74) is 1.31. The third kappa shape index (κ3) is 3.56. The Bertz CT molecular complexity index is 1290.